The predicted octanol–water partition coefficient (Wildman–Crippen LogP) is 5.31. The molecule has 1 atom stereocenters. The van der Waals surface area contributed by atoms with Gasteiger partial charge >= 0.3 is 0 Å². The molecule has 0 rings (SSSR count). The highest BCUT2D eigenvalue weighted by molar-refractivity contribution is 6.83. The molecule has 0 aliphatic rings. The van der Waals surface area contributed by atoms with Crippen LogP contribution in [-0.4, -0.2) is 22.5 Å². The van der Waals surface area contributed by atoms with Crippen molar-refractivity contribution in [1.82, 2.24) is 0 Å². The van der Waals surface area contributed by atoms with E-state index in [0.29, 0.717) is 0 Å². The summed E-state index contributed by atoms with van der Waals surface area (Å²) in [6.07, 6.45) is 6.40. The van der Waals surface area contributed by atoms with Crippen molar-refractivity contribution < 1.29 is 4.43 Å². The van der Waals surface area contributed by atoms with Gasteiger partial charge < -0.3 is 4.43 Å². The first-order valence-corrected chi connectivity index (χ1v) is 14.2. The Labute approximate surface area is 135 Å². The van der Waals surface area contributed by atoms with Crippen LogP contribution in [-0.2, 0) is 4.43 Å². The van der Waals surface area contributed by atoms with Crippen molar-refractivity contribution in [3.8, 4) is 23.8 Å². The first-order valence-electron chi connectivity index (χ1n) is 7.78. The van der Waals surface area contributed by atoms with Gasteiger partial charge in [0, 0.05) is 5.41 Å². The Hall–Kier alpha value is -0.486. The van der Waals surface area contributed by atoms with Gasteiger partial charge in [-0.3, -0.25) is 0 Å². The van der Waals surface area contributed by atoms with Crippen molar-refractivity contribution in [2.24, 2.45) is 5.41 Å². The normalized spacial score (nSPS) is 14.9. The molecule has 0 radical (unpaired) electrons. The largest absolute Gasteiger partial charge is 0.403 e. The third kappa shape index (κ3) is 7.91. The molecule has 21 heavy (non-hydrogen) atoms. The lowest BCUT2D eigenvalue weighted by Gasteiger charge is -2.39. The van der Waals surface area contributed by atoms with E-state index in [4.69, 9.17) is 10.8 Å². The summed E-state index contributed by atoms with van der Waals surface area (Å²) >= 11 is 0. The van der Waals surface area contributed by atoms with Crippen molar-refractivity contribution in [2.45, 2.75) is 84.9 Å². The minimum atomic E-state index is -1.83. The molecule has 0 spiro atoms. The number of terminal acetylenes is 1. The number of rotatable bonds is 4. The second-order valence-electron chi connectivity index (χ2n) is 9.12. The first kappa shape index (κ1) is 20.5. The van der Waals surface area contributed by atoms with Gasteiger partial charge in [0.25, 0.3) is 0 Å². The van der Waals surface area contributed by atoms with E-state index < -0.39 is 16.4 Å². The molecule has 0 aromatic rings. The summed E-state index contributed by atoms with van der Waals surface area (Å²) in [5.74, 6) is 6.28. The zero-order valence-corrected chi connectivity index (χ0v) is 17.8. The highest BCUT2D eigenvalue weighted by Crippen LogP contribution is 2.38. The third-order valence-corrected chi connectivity index (χ3v) is 9.32. The monoisotopic (exact) mass is 322 g/mol. The molecule has 0 amide bonds. The Morgan fingerprint density at radius 1 is 1.00 bits per heavy atom. The summed E-state index contributed by atoms with van der Waals surface area (Å²) in [5.41, 5.74) is 3.28. The minimum Gasteiger partial charge on any atom is -0.403 e. The van der Waals surface area contributed by atoms with E-state index in [9.17, 15) is 0 Å². The van der Waals surface area contributed by atoms with Crippen LogP contribution in [0.3, 0.4) is 0 Å². The molecule has 0 saturated carbocycles. The Bertz CT molecular complexity index is 445. The van der Waals surface area contributed by atoms with Gasteiger partial charge in [0.2, 0.25) is 0 Å². The highest BCUT2D eigenvalue weighted by atomic mass is 28.4. The lowest BCUT2D eigenvalue weighted by atomic mass is 9.88. The summed E-state index contributed by atoms with van der Waals surface area (Å²) in [7, 11) is -3.24. The van der Waals surface area contributed by atoms with Crippen LogP contribution in [0.4, 0.5) is 0 Å². The van der Waals surface area contributed by atoms with Crippen molar-refractivity contribution in [3.63, 3.8) is 0 Å². The van der Waals surface area contributed by atoms with Crippen molar-refractivity contribution in [2.75, 3.05) is 0 Å². The summed E-state index contributed by atoms with van der Waals surface area (Å²) < 4.78 is 6.53. The van der Waals surface area contributed by atoms with Crippen molar-refractivity contribution >= 4 is 16.4 Å². The van der Waals surface area contributed by atoms with E-state index in [0.717, 1.165) is 6.42 Å². The number of hydrogen-bond donors (Lipinski definition) is 0. The Kier molecular flexibility index (Phi) is 6.58. The Morgan fingerprint density at radius 2 is 1.48 bits per heavy atom. The van der Waals surface area contributed by atoms with E-state index in [2.05, 4.69) is 84.7 Å². The molecule has 0 fully saturated rings. The summed E-state index contributed by atoms with van der Waals surface area (Å²) in [4.78, 5) is 0. The van der Waals surface area contributed by atoms with Gasteiger partial charge in [-0.1, -0.05) is 46.3 Å². The topological polar surface area (TPSA) is 9.23 Å². The van der Waals surface area contributed by atoms with Crippen LogP contribution >= 0.6 is 0 Å². The quantitative estimate of drug-likeness (QED) is 0.503. The third-order valence-electron chi connectivity index (χ3n) is 3.94. The Balaban J connectivity index is 5.34. The van der Waals surface area contributed by atoms with Crippen molar-refractivity contribution in [1.29, 1.82) is 0 Å². The molecule has 3 heteroatoms. The molecular formula is C18H34OSi2. The maximum absolute atomic E-state index is 6.53. The second-order valence-corrected chi connectivity index (χ2v) is 18.6. The maximum Gasteiger partial charge on any atom is 0.193 e. The molecule has 0 heterocycles. The molecule has 0 saturated heterocycles. The van der Waals surface area contributed by atoms with Crippen LogP contribution < -0.4 is 0 Å². The van der Waals surface area contributed by atoms with Gasteiger partial charge in [0.1, 0.15) is 14.2 Å². The fourth-order valence-electron chi connectivity index (χ4n) is 1.47. The van der Waals surface area contributed by atoms with Crippen LogP contribution in [0.1, 0.15) is 41.0 Å². The summed E-state index contributed by atoms with van der Waals surface area (Å²) in [6, 6.07) is 0. The maximum atomic E-state index is 6.53. The van der Waals surface area contributed by atoms with Crippen LogP contribution in [0.15, 0.2) is 0 Å². The standard InChI is InChI=1S/C18H34OSi2/c1-12-18(5,6)15-16(13-14-20(7,8)9)19-21(10,11)17(2,3)4/h1,16H,15H2,2-11H3. The minimum absolute atomic E-state index is 0.0522. The SMILES string of the molecule is C#CC(C)(C)CC(C#C[Si](C)(C)C)O[Si](C)(C)C(C)(C)C. The molecule has 0 aromatic carbocycles. The van der Waals surface area contributed by atoms with Crippen LogP contribution in [0.2, 0.25) is 37.8 Å². The first-order chi connectivity index (χ1) is 9.10. The average Bonchev–Trinajstić information content (AvgIpc) is 2.22. The lowest BCUT2D eigenvalue weighted by Crippen LogP contribution is -2.44. The summed E-state index contributed by atoms with van der Waals surface area (Å²) in [5, 5.41) is 0.187. The van der Waals surface area contributed by atoms with Gasteiger partial charge in [-0.2, -0.15) is 0 Å². The highest BCUT2D eigenvalue weighted by Gasteiger charge is 2.39. The predicted molar refractivity (Wildman–Crippen MR) is 100 cm³/mol. The van der Waals surface area contributed by atoms with Crippen LogP contribution in [0, 0.1) is 29.2 Å². The van der Waals surface area contributed by atoms with Crippen LogP contribution in [0.25, 0.3) is 0 Å². The molecule has 0 N–H and O–H groups in total. The van der Waals surface area contributed by atoms with Crippen LogP contribution in [0.5, 0.6) is 0 Å². The Morgan fingerprint density at radius 3 is 1.81 bits per heavy atom. The molecule has 120 valence electrons. The zero-order chi connectivity index (χ0) is 17.1. The van der Waals surface area contributed by atoms with Gasteiger partial charge in [0.05, 0.1) is 0 Å². The van der Waals surface area contributed by atoms with Crippen molar-refractivity contribution in [3.05, 3.63) is 0 Å². The van der Waals surface area contributed by atoms with Gasteiger partial charge in [-0.15, -0.1) is 17.9 Å². The molecule has 1 unspecified atom stereocenters. The van der Waals surface area contributed by atoms with E-state index in [1.807, 2.05) is 0 Å². The zero-order valence-electron chi connectivity index (χ0n) is 15.8. The van der Waals surface area contributed by atoms with E-state index in [1.165, 1.54) is 0 Å². The molecule has 0 aromatic heterocycles. The van der Waals surface area contributed by atoms with Gasteiger partial charge in [-0.05, 0) is 38.4 Å². The molecule has 0 bridgehead atoms. The molecular weight excluding hydrogens is 288 g/mol. The molecule has 1 nitrogen and oxygen atoms in total. The average molecular weight is 323 g/mol. The molecule has 0 aliphatic heterocycles. The second kappa shape index (κ2) is 6.73. The number of hydrogen-bond acceptors (Lipinski definition) is 1. The van der Waals surface area contributed by atoms with E-state index in [-0.39, 0.29) is 16.6 Å². The fourth-order valence-corrected chi connectivity index (χ4v) is 3.28. The van der Waals surface area contributed by atoms with Gasteiger partial charge in [0.15, 0.2) is 8.32 Å². The smallest absolute Gasteiger partial charge is 0.193 e. The van der Waals surface area contributed by atoms with E-state index >= 15 is 0 Å². The fraction of sp³-hybridized carbons (Fsp3) is 0.778. The summed E-state index contributed by atoms with van der Waals surface area (Å²) in [6.45, 7) is 22.3. The van der Waals surface area contributed by atoms with Gasteiger partial charge in [-0.25, -0.2) is 0 Å². The van der Waals surface area contributed by atoms with E-state index in [1.54, 1.807) is 0 Å². The lowest BCUT2D eigenvalue weighted by molar-refractivity contribution is 0.189. The molecule has 0 aliphatic carbocycles.